The van der Waals surface area contributed by atoms with Crippen molar-refractivity contribution in [3.63, 3.8) is 0 Å². The minimum absolute atomic E-state index is 0.329. The van der Waals surface area contributed by atoms with Crippen LogP contribution in [0.4, 0.5) is 0 Å². The van der Waals surface area contributed by atoms with Gasteiger partial charge < -0.3 is 15.2 Å². The maximum Gasteiger partial charge on any atom is 0.184 e. The van der Waals surface area contributed by atoms with Gasteiger partial charge in [-0.15, -0.1) is 0 Å². The molecule has 0 aliphatic carbocycles. The standard InChI is InChI=1S/C14H22O2.C4H8.CH5N/c1-6-11-12(7-2)13(8-3)14(15-9-4)16-10-5;1-3-4-2;1-2/h6-8,11,14H,1-2,9-10H2,3-5H3;3-4H,1-2H3;2H2,1H3/b12-11+,13-8-;4-3-;. The number of allylic oxidation sites excluding steroid dienone is 6. The third-order valence-electron chi connectivity index (χ3n) is 2.39. The van der Waals surface area contributed by atoms with Crippen LogP contribution in [0.15, 0.2) is 60.8 Å². The second-order valence-electron chi connectivity index (χ2n) is 3.72. The predicted molar refractivity (Wildman–Crippen MR) is 99.9 cm³/mol. The highest BCUT2D eigenvalue weighted by atomic mass is 16.7. The molecule has 3 heteroatoms. The fourth-order valence-corrected chi connectivity index (χ4v) is 1.38. The van der Waals surface area contributed by atoms with E-state index >= 15 is 0 Å². The maximum atomic E-state index is 5.55. The number of ether oxygens (including phenoxy) is 2. The van der Waals surface area contributed by atoms with Crippen LogP contribution in [0, 0.1) is 0 Å². The minimum Gasteiger partial charge on any atom is -0.349 e. The van der Waals surface area contributed by atoms with Crippen molar-refractivity contribution in [1.29, 1.82) is 0 Å². The smallest absolute Gasteiger partial charge is 0.184 e. The molecule has 0 heterocycles. The number of nitrogens with two attached hydrogens (primary N) is 1. The van der Waals surface area contributed by atoms with Gasteiger partial charge in [0.2, 0.25) is 0 Å². The molecule has 0 saturated heterocycles. The second kappa shape index (κ2) is 21.9. The summed E-state index contributed by atoms with van der Waals surface area (Å²) in [6, 6.07) is 0. The zero-order valence-electron chi connectivity index (χ0n) is 15.3. The Balaban J connectivity index is -0.000000516. The van der Waals surface area contributed by atoms with Crippen LogP contribution < -0.4 is 5.73 Å². The molecular weight excluding hydrogens is 274 g/mol. The quantitative estimate of drug-likeness (QED) is 0.398. The monoisotopic (exact) mass is 309 g/mol. The largest absolute Gasteiger partial charge is 0.349 e. The van der Waals surface area contributed by atoms with Crippen LogP contribution in [-0.4, -0.2) is 26.6 Å². The highest BCUT2D eigenvalue weighted by Crippen LogP contribution is 2.19. The summed E-state index contributed by atoms with van der Waals surface area (Å²) in [5.41, 5.74) is 6.46. The Morgan fingerprint density at radius 2 is 1.45 bits per heavy atom. The van der Waals surface area contributed by atoms with E-state index in [1.54, 1.807) is 12.2 Å². The maximum absolute atomic E-state index is 5.55. The molecule has 0 atom stereocenters. The zero-order chi connectivity index (χ0) is 17.8. The van der Waals surface area contributed by atoms with Gasteiger partial charge in [0, 0.05) is 18.8 Å². The third kappa shape index (κ3) is 13.6. The van der Waals surface area contributed by atoms with E-state index in [0.717, 1.165) is 11.1 Å². The van der Waals surface area contributed by atoms with Gasteiger partial charge in [-0.2, -0.15) is 0 Å². The lowest BCUT2D eigenvalue weighted by atomic mass is 10.0. The topological polar surface area (TPSA) is 44.5 Å². The van der Waals surface area contributed by atoms with Crippen LogP contribution in [0.2, 0.25) is 0 Å². The molecule has 0 bridgehead atoms. The average molecular weight is 309 g/mol. The molecule has 0 aliphatic heterocycles. The van der Waals surface area contributed by atoms with Crippen molar-refractivity contribution in [2.45, 2.75) is 40.9 Å². The summed E-state index contributed by atoms with van der Waals surface area (Å²) in [7, 11) is 1.50. The minimum atomic E-state index is -0.329. The Labute approximate surface area is 137 Å². The fourth-order valence-electron chi connectivity index (χ4n) is 1.38. The third-order valence-corrected chi connectivity index (χ3v) is 2.39. The van der Waals surface area contributed by atoms with Crippen molar-refractivity contribution in [1.82, 2.24) is 0 Å². The lowest BCUT2D eigenvalue weighted by Gasteiger charge is -2.20. The molecule has 0 aliphatic rings. The van der Waals surface area contributed by atoms with Crippen LogP contribution >= 0.6 is 0 Å². The van der Waals surface area contributed by atoms with Gasteiger partial charge in [-0.3, -0.25) is 0 Å². The molecule has 0 radical (unpaired) electrons. The molecule has 0 aromatic carbocycles. The lowest BCUT2D eigenvalue weighted by molar-refractivity contribution is -0.109. The Hall–Kier alpha value is -1.42. The molecule has 0 unspecified atom stereocenters. The summed E-state index contributed by atoms with van der Waals surface area (Å²) >= 11 is 0. The first-order valence-electron chi connectivity index (χ1n) is 7.66. The summed E-state index contributed by atoms with van der Waals surface area (Å²) in [5, 5.41) is 0. The van der Waals surface area contributed by atoms with E-state index in [1.165, 1.54) is 7.05 Å². The van der Waals surface area contributed by atoms with Crippen molar-refractivity contribution in [3.8, 4) is 0 Å². The summed E-state index contributed by atoms with van der Waals surface area (Å²) in [6.45, 7) is 18.5. The van der Waals surface area contributed by atoms with Crippen molar-refractivity contribution in [2.24, 2.45) is 5.73 Å². The highest BCUT2D eigenvalue weighted by Gasteiger charge is 2.15. The molecule has 0 spiro atoms. The second-order valence-corrected chi connectivity index (χ2v) is 3.72. The van der Waals surface area contributed by atoms with Gasteiger partial charge in [0.15, 0.2) is 6.29 Å². The van der Waals surface area contributed by atoms with Gasteiger partial charge in [0.05, 0.1) is 0 Å². The Kier molecular flexibility index (Phi) is 25.4. The molecule has 22 heavy (non-hydrogen) atoms. The predicted octanol–water partition coefficient (Wildman–Crippen LogP) is 4.79. The van der Waals surface area contributed by atoms with E-state index in [1.807, 2.05) is 58.9 Å². The Morgan fingerprint density at radius 3 is 1.68 bits per heavy atom. The molecule has 0 fully saturated rings. The van der Waals surface area contributed by atoms with Crippen LogP contribution in [-0.2, 0) is 9.47 Å². The molecule has 0 aromatic heterocycles. The van der Waals surface area contributed by atoms with E-state index in [-0.39, 0.29) is 6.29 Å². The van der Waals surface area contributed by atoms with Gasteiger partial charge in [-0.25, -0.2) is 0 Å². The molecule has 128 valence electrons. The SMILES string of the molecule is C/C=C\C.C=C/C=C(C=C)/C(=C/C)C(OCC)OCC.CN. The van der Waals surface area contributed by atoms with E-state index in [2.05, 4.69) is 18.9 Å². The van der Waals surface area contributed by atoms with Crippen molar-refractivity contribution in [3.05, 3.63) is 60.8 Å². The Morgan fingerprint density at radius 1 is 1.00 bits per heavy atom. The summed E-state index contributed by atoms with van der Waals surface area (Å²) in [4.78, 5) is 0. The van der Waals surface area contributed by atoms with Gasteiger partial charge >= 0.3 is 0 Å². The van der Waals surface area contributed by atoms with Gasteiger partial charge in [0.25, 0.3) is 0 Å². The molecule has 0 saturated carbocycles. The highest BCUT2D eigenvalue weighted by molar-refractivity contribution is 5.42. The fraction of sp³-hybridized carbons (Fsp3) is 0.474. The molecular formula is C19H35NO2. The van der Waals surface area contributed by atoms with E-state index in [4.69, 9.17) is 9.47 Å². The van der Waals surface area contributed by atoms with Crippen molar-refractivity contribution < 1.29 is 9.47 Å². The van der Waals surface area contributed by atoms with E-state index in [0.29, 0.717) is 13.2 Å². The summed E-state index contributed by atoms with van der Waals surface area (Å²) in [5.74, 6) is 0. The average Bonchev–Trinajstić information content (AvgIpc) is 2.57. The van der Waals surface area contributed by atoms with Crippen LogP contribution in [0.5, 0.6) is 0 Å². The van der Waals surface area contributed by atoms with Crippen molar-refractivity contribution in [2.75, 3.05) is 20.3 Å². The van der Waals surface area contributed by atoms with Crippen LogP contribution in [0.3, 0.4) is 0 Å². The summed E-state index contributed by atoms with van der Waals surface area (Å²) in [6.07, 6.45) is 11.1. The number of hydrogen-bond donors (Lipinski definition) is 1. The van der Waals surface area contributed by atoms with E-state index in [9.17, 15) is 0 Å². The van der Waals surface area contributed by atoms with E-state index < -0.39 is 0 Å². The van der Waals surface area contributed by atoms with Crippen molar-refractivity contribution >= 4 is 0 Å². The van der Waals surface area contributed by atoms with Crippen LogP contribution in [0.1, 0.15) is 34.6 Å². The van der Waals surface area contributed by atoms with Crippen LogP contribution in [0.25, 0.3) is 0 Å². The first-order chi connectivity index (χ1) is 10.7. The molecule has 0 rings (SSSR count). The number of hydrogen-bond acceptors (Lipinski definition) is 3. The van der Waals surface area contributed by atoms with Gasteiger partial charge in [-0.05, 0) is 47.2 Å². The molecule has 2 N–H and O–H groups in total. The van der Waals surface area contributed by atoms with Gasteiger partial charge in [-0.1, -0.05) is 49.6 Å². The normalized spacial score (nSPS) is 11.5. The first-order valence-corrected chi connectivity index (χ1v) is 7.66. The molecule has 3 nitrogen and oxygen atoms in total. The lowest BCUT2D eigenvalue weighted by Crippen LogP contribution is -2.20. The molecule has 0 aromatic rings. The Bertz CT molecular complexity index is 331. The van der Waals surface area contributed by atoms with Gasteiger partial charge in [0.1, 0.15) is 0 Å². The number of rotatable bonds is 8. The first kappa shape index (κ1) is 25.5. The zero-order valence-corrected chi connectivity index (χ0v) is 15.3. The molecule has 0 amide bonds. The summed E-state index contributed by atoms with van der Waals surface area (Å²) < 4.78 is 11.1.